The van der Waals surface area contributed by atoms with Crippen molar-refractivity contribution in [2.45, 2.75) is 50.1 Å². The molecule has 0 bridgehead atoms. The Morgan fingerprint density at radius 2 is 2.07 bits per heavy atom. The third-order valence-corrected chi connectivity index (χ3v) is 6.09. The number of nitrogens with zero attached hydrogens (tertiary/aromatic N) is 2. The van der Waals surface area contributed by atoms with Crippen molar-refractivity contribution in [3.63, 3.8) is 0 Å². The van der Waals surface area contributed by atoms with Gasteiger partial charge >= 0.3 is 0 Å². The molecular formula is C18H27ClN4O3S. The van der Waals surface area contributed by atoms with Crippen LogP contribution >= 0.6 is 12.4 Å². The standard InChI is InChI=1S/C18H26N4O3S.ClH/c1-12(2)10-15(18(23)22-9-5-6-13(19)11-22)20-17-14-7-3-4-8-16(14)26(24,25)21-17;/h3-4,7-8,12-13,15H,5-6,9-11,19H2,1-2H3,(H,20,21);1H. The second-order valence-electron chi connectivity index (χ2n) is 7.41. The topological polar surface area (TPSA) is 105 Å². The Morgan fingerprint density at radius 1 is 1.37 bits per heavy atom. The number of hydrogen-bond acceptors (Lipinski definition) is 5. The molecule has 0 aromatic heterocycles. The highest BCUT2D eigenvalue weighted by Gasteiger charge is 2.33. The number of sulfonamides is 1. The Balaban J connectivity index is 0.00000261. The van der Waals surface area contributed by atoms with Crippen LogP contribution in [0.1, 0.15) is 38.7 Å². The van der Waals surface area contributed by atoms with Gasteiger partial charge in [0.1, 0.15) is 11.9 Å². The molecule has 2 atom stereocenters. The van der Waals surface area contributed by atoms with Gasteiger partial charge < -0.3 is 10.6 Å². The van der Waals surface area contributed by atoms with Crippen LogP contribution in [-0.4, -0.2) is 50.2 Å². The lowest BCUT2D eigenvalue weighted by Crippen LogP contribution is -2.49. The molecule has 27 heavy (non-hydrogen) atoms. The van der Waals surface area contributed by atoms with E-state index in [1.54, 1.807) is 29.2 Å². The van der Waals surface area contributed by atoms with Crippen LogP contribution in [0.5, 0.6) is 0 Å². The fraction of sp³-hybridized carbons (Fsp3) is 0.556. The summed E-state index contributed by atoms with van der Waals surface area (Å²) in [7, 11) is -3.61. The number of benzene rings is 1. The van der Waals surface area contributed by atoms with Crippen LogP contribution in [-0.2, 0) is 14.8 Å². The lowest BCUT2D eigenvalue weighted by atomic mass is 10.0. The molecule has 3 N–H and O–H groups in total. The minimum Gasteiger partial charge on any atom is -0.339 e. The number of amidine groups is 1. The van der Waals surface area contributed by atoms with Crippen molar-refractivity contribution in [3.8, 4) is 0 Å². The fourth-order valence-electron chi connectivity index (χ4n) is 3.46. The minimum absolute atomic E-state index is 0. The van der Waals surface area contributed by atoms with E-state index in [4.69, 9.17) is 5.73 Å². The van der Waals surface area contributed by atoms with E-state index in [-0.39, 0.29) is 41.0 Å². The van der Waals surface area contributed by atoms with Gasteiger partial charge in [-0.3, -0.25) is 14.5 Å². The highest BCUT2D eigenvalue weighted by molar-refractivity contribution is 7.90. The largest absolute Gasteiger partial charge is 0.339 e. The quantitative estimate of drug-likeness (QED) is 0.778. The number of rotatable bonds is 4. The number of nitrogens with two attached hydrogens (primary N) is 1. The highest BCUT2D eigenvalue weighted by Crippen LogP contribution is 2.24. The van der Waals surface area contributed by atoms with Crippen LogP contribution in [0.15, 0.2) is 34.2 Å². The maximum atomic E-state index is 13.0. The number of halogens is 1. The molecule has 9 heteroatoms. The average molecular weight is 415 g/mol. The first-order chi connectivity index (χ1) is 12.3. The van der Waals surface area contributed by atoms with Gasteiger partial charge in [-0.05, 0) is 37.3 Å². The maximum Gasteiger partial charge on any atom is 0.263 e. The summed E-state index contributed by atoms with van der Waals surface area (Å²) >= 11 is 0. The molecule has 0 aliphatic carbocycles. The molecule has 1 saturated heterocycles. The third kappa shape index (κ3) is 4.80. The predicted octanol–water partition coefficient (Wildman–Crippen LogP) is 1.51. The van der Waals surface area contributed by atoms with Crippen LogP contribution in [0, 0.1) is 5.92 Å². The molecule has 1 aromatic rings. The van der Waals surface area contributed by atoms with Crippen molar-refractivity contribution in [3.05, 3.63) is 29.8 Å². The second kappa shape index (κ2) is 8.58. The van der Waals surface area contributed by atoms with Gasteiger partial charge in [0, 0.05) is 24.7 Å². The molecule has 3 rings (SSSR count). The summed E-state index contributed by atoms with van der Waals surface area (Å²) in [6.07, 6.45) is 2.35. The number of hydrogen-bond donors (Lipinski definition) is 2. The van der Waals surface area contributed by atoms with E-state index < -0.39 is 16.1 Å². The molecular weight excluding hydrogens is 388 g/mol. The van der Waals surface area contributed by atoms with Crippen molar-refractivity contribution < 1.29 is 13.2 Å². The number of aliphatic imine (C=N–C) groups is 1. The van der Waals surface area contributed by atoms with Crippen LogP contribution in [0.2, 0.25) is 0 Å². The Labute approximate surface area is 166 Å². The Kier molecular flexibility index (Phi) is 6.88. The number of amides is 1. The third-order valence-electron chi connectivity index (χ3n) is 4.70. The molecule has 1 fully saturated rings. The van der Waals surface area contributed by atoms with E-state index in [1.165, 1.54) is 0 Å². The Hall–Kier alpha value is -1.64. The zero-order chi connectivity index (χ0) is 18.9. The van der Waals surface area contributed by atoms with Crippen molar-refractivity contribution in [2.24, 2.45) is 16.6 Å². The van der Waals surface area contributed by atoms with E-state index in [0.29, 0.717) is 25.1 Å². The molecule has 2 aliphatic heterocycles. The zero-order valence-corrected chi connectivity index (χ0v) is 17.2. The van der Waals surface area contributed by atoms with Gasteiger partial charge in [0.15, 0.2) is 0 Å². The Bertz CT molecular complexity index is 826. The lowest BCUT2D eigenvalue weighted by molar-refractivity contribution is -0.134. The molecule has 1 amide bonds. The number of carbonyl (C=O) groups is 1. The first-order valence-electron chi connectivity index (χ1n) is 9.02. The van der Waals surface area contributed by atoms with E-state index in [1.807, 2.05) is 13.8 Å². The van der Waals surface area contributed by atoms with Crippen molar-refractivity contribution in [2.75, 3.05) is 13.1 Å². The molecule has 1 aromatic carbocycles. The maximum absolute atomic E-state index is 13.0. The molecule has 0 saturated carbocycles. The number of piperidine rings is 1. The predicted molar refractivity (Wildman–Crippen MR) is 108 cm³/mol. The number of fused-ring (bicyclic) bond motifs is 1. The average Bonchev–Trinajstić information content (AvgIpc) is 2.84. The summed E-state index contributed by atoms with van der Waals surface area (Å²) in [6.45, 7) is 5.25. The highest BCUT2D eigenvalue weighted by atomic mass is 35.5. The molecule has 7 nitrogen and oxygen atoms in total. The summed E-state index contributed by atoms with van der Waals surface area (Å²) in [5.74, 6) is 0.422. The van der Waals surface area contributed by atoms with Gasteiger partial charge in [0.05, 0.1) is 4.90 Å². The van der Waals surface area contributed by atoms with Crippen LogP contribution in [0.25, 0.3) is 0 Å². The van der Waals surface area contributed by atoms with Gasteiger partial charge in [0.2, 0.25) is 5.91 Å². The number of carbonyl (C=O) groups excluding carboxylic acids is 1. The van der Waals surface area contributed by atoms with Gasteiger partial charge in [-0.25, -0.2) is 8.42 Å². The first-order valence-corrected chi connectivity index (χ1v) is 10.5. The van der Waals surface area contributed by atoms with E-state index in [9.17, 15) is 13.2 Å². The van der Waals surface area contributed by atoms with Crippen molar-refractivity contribution >= 4 is 34.2 Å². The Morgan fingerprint density at radius 3 is 2.74 bits per heavy atom. The molecule has 2 unspecified atom stereocenters. The van der Waals surface area contributed by atoms with Gasteiger partial charge in [-0.15, -0.1) is 12.4 Å². The molecule has 0 radical (unpaired) electrons. The summed E-state index contributed by atoms with van der Waals surface area (Å²) in [6, 6.07) is 6.06. The first kappa shape index (κ1) is 21.7. The number of nitrogens with one attached hydrogen (secondary N) is 1. The van der Waals surface area contributed by atoms with E-state index in [2.05, 4.69) is 9.71 Å². The summed E-state index contributed by atoms with van der Waals surface area (Å²) in [4.78, 5) is 19.5. The van der Waals surface area contributed by atoms with Crippen molar-refractivity contribution in [1.82, 2.24) is 9.62 Å². The monoisotopic (exact) mass is 414 g/mol. The zero-order valence-electron chi connectivity index (χ0n) is 15.6. The second-order valence-corrected chi connectivity index (χ2v) is 9.06. The summed E-state index contributed by atoms with van der Waals surface area (Å²) in [5.41, 5.74) is 6.52. The molecule has 2 heterocycles. The normalized spacial score (nSPS) is 23.5. The minimum atomic E-state index is -3.61. The summed E-state index contributed by atoms with van der Waals surface area (Å²) < 4.78 is 27.0. The van der Waals surface area contributed by atoms with Gasteiger partial charge in [-0.1, -0.05) is 26.0 Å². The SMILES string of the molecule is CC(C)CC(N=C1NS(=O)(=O)c2ccccc21)C(=O)N1CCCC(N)C1.Cl. The van der Waals surface area contributed by atoms with Crippen LogP contribution < -0.4 is 10.5 Å². The van der Waals surface area contributed by atoms with Gasteiger partial charge in [-0.2, -0.15) is 0 Å². The molecule has 2 aliphatic rings. The fourth-order valence-corrected chi connectivity index (χ4v) is 4.70. The molecule has 0 spiro atoms. The lowest BCUT2D eigenvalue weighted by Gasteiger charge is -2.33. The van der Waals surface area contributed by atoms with E-state index >= 15 is 0 Å². The summed E-state index contributed by atoms with van der Waals surface area (Å²) in [5, 5.41) is 0. The van der Waals surface area contributed by atoms with Gasteiger partial charge in [0.25, 0.3) is 10.0 Å². The van der Waals surface area contributed by atoms with E-state index in [0.717, 1.165) is 12.8 Å². The van der Waals surface area contributed by atoms with Crippen molar-refractivity contribution in [1.29, 1.82) is 0 Å². The van der Waals surface area contributed by atoms with Crippen LogP contribution in [0.3, 0.4) is 0 Å². The smallest absolute Gasteiger partial charge is 0.263 e. The van der Waals surface area contributed by atoms with Crippen LogP contribution in [0.4, 0.5) is 0 Å². The molecule has 150 valence electrons. The number of likely N-dealkylation sites (tertiary alicyclic amines) is 1.